The molecule has 1 heterocycles. The zero-order valence-electron chi connectivity index (χ0n) is 7.50. The number of ether oxygens (including phenoxy) is 1. The van der Waals surface area contributed by atoms with Gasteiger partial charge in [0.15, 0.2) is 0 Å². The highest BCUT2D eigenvalue weighted by molar-refractivity contribution is 5.78. The van der Waals surface area contributed by atoms with Crippen LogP contribution >= 0.6 is 0 Å². The number of cyclic esters (lactones) is 1. The molecule has 3 heteroatoms. The molecule has 1 saturated heterocycles. The fraction of sp³-hybridized carbons (Fsp3) is 0.364. The lowest BCUT2D eigenvalue weighted by Crippen LogP contribution is -2.09. The summed E-state index contributed by atoms with van der Waals surface area (Å²) in [5.41, 5.74) is 2.05. The van der Waals surface area contributed by atoms with E-state index in [4.69, 9.17) is 4.74 Å². The van der Waals surface area contributed by atoms with E-state index in [1.807, 2.05) is 0 Å². The number of hydrogen-bond acceptors (Lipinski definition) is 2. The second kappa shape index (κ2) is 2.56. The van der Waals surface area contributed by atoms with Gasteiger partial charge in [0.05, 0.1) is 12.5 Å². The SMILES string of the molecule is O=C1OC[C@H]2c3cc(F)ccc3C[C@@H]12. The number of carbonyl (C=O) groups is 1. The summed E-state index contributed by atoms with van der Waals surface area (Å²) < 4.78 is 17.9. The molecule has 3 rings (SSSR count). The van der Waals surface area contributed by atoms with Gasteiger partial charge in [-0.1, -0.05) is 6.07 Å². The normalized spacial score (nSPS) is 28.5. The van der Waals surface area contributed by atoms with Crippen LogP contribution in [0, 0.1) is 11.7 Å². The average Bonchev–Trinajstić information content (AvgIpc) is 2.67. The summed E-state index contributed by atoms with van der Waals surface area (Å²) in [6, 6.07) is 4.75. The molecule has 2 nitrogen and oxygen atoms in total. The van der Waals surface area contributed by atoms with Crippen LogP contribution in [0.2, 0.25) is 0 Å². The maximum atomic E-state index is 13.0. The second-order valence-corrected chi connectivity index (χ2v) is 3.89. The third-order valence-electron chi connectivity index (χ3n) is 3.14. The Morgan fingerprint density at radius 1 is 1.36 bits per heavy atom. The van der Waals surface area contributed by atoms with E-state index in [0.717, 1.165) is 11.1 Å². The summed E-state index contributed by atoms with van der Waals surface area (Å²) in [5.74, 6) is -0.338. The number of rotatable bonds is 0. The third-order valence-corrected chi connectivity index (χ3v) is 3.14. The number of esters is 1. The van der Waals surface area contributed by atoms with Crippen LogP contribution in [-0.4, -0.2) is 12.6 Å². The van der Waals surface area contributed by atoms with Gasteiger partial charge < -0.3 is 4.74 Å². The van der Waals surface area contributed by atoms with Gasteiger partial charge in [0.2, 0.25) is 0 Å². The summed E-state index contributed by atoms with van der Waals surface area (Å²) in [4.78, 5) is 11.3. The number of benzene rings is 1. The lowest BCUT2D eigenvalue weighted by atomic mass is 9.96. The van der Waals surface area contributed by atoms with Crippen molar-refractivity contribution in [2.45, 2.75) is 12.3 Å². The molecule has 0 unspecified atom stereocenters. The van der Waals surface area contributed by atoms with Crippen molar-refractivity contribution in [2.24, 2.45) is 5.92 Å². The molecule has 14 heavy (non-hydrogen) atoms. The van der Waals surface area contributed by atoms with Crippen LogP contribution in [0.4, 0.5) is 4.39 Å². The van der Waals surface area contributed by atoms with E-state index in [1.165, 1.54) is 12.1 Å². The molecule has 1 aromatic carbocycles. The standard InChI is InChI=1S/C11H9FO2/c12-7-2-1-6-3-9-10(8(6)4-7)5-14-11(9)13/h1-2,4,9-10H,3,5H2/t9-,10+/m1/s1. The predicted octanol–water partition coefficient (Wildman–Crippen LogP) is 1.64. The van der Waals surface area contributed by atoms with Crippen LogP contribution in [0.3, 0.4) is 0 Å². The van der Waals surface area contributed by atoms with Crippen molar-refractivity contribution in [3.8, 4) is 0 Å². The van der Waals surface area contributed by atoms with Crippen LogP contribution in [-0.2, 0) is 16.0 Å². The van der Waals surface area contributed by atoms with Crippen molar-refractivity contribution in [3.05, 3.63) is 35.1 Å². The third kappa shape index (κ3) is 0.924. The first-order valence-corrected chi connectivity index (χ1v) is 4.70. The summed E-state index contributed by atoms with van der Waals surface area (Å²) in [6.45, 7) is 0.417. The number of carbonyl (C=O) groups excluding carboxylic acids is 1. The van der Waals surface area contributed by atoms with Gasteiger partial charge in [-0.15, -0.1) is 0 Å². The Morgan fingerprint density at radius 2 is 2.21 bits per heavy atom. The molecule has 0 aromatic heterocycles. The summed E-state index contributed by atoms with van der Waals surface area (Å²) in [7, 11) is 0. The van der Waals surface area contributed by atoms with Crippen LogP contribution in [0.5, 0.6) is 0 Å². The molecular formula is C11H9FO2. The first-order chi connectivity index (χ1) is 6.75. The largest absolute Gasteiger partial charge is 0.465 e. The highest BCUT2D eigenvalue weighted by Crippen LogP contribution is 2.42. The monoisotopic (exact) mass is 192 g/mol. The maximum absolute atomic E-state index is 13.0. The highest BCUT2D eigenvalue weighted by Gasteiger charge is 2.43. The quantitative estimate of drug-likeness (QED) is 0.584. The Bertz CT molecular complexity index is 414. The topological polar surface area (TPSA) is 26.3 Å². The molecule has 72 valence electrons. The van der Waals surface area contributed by atoms with Crippen LogP contribution in [0.15, 0.2) is 18.2 Å². The lowest BCUT2D eigenvalue weighted by molar-refractivity contribution is -0.141. The van der Waals surface area contributed by atoms with Crippen molar-refractivity contribution in [2.75, 3.05) is 6.61 Å². The first kappa shape index (κ1) is 7.97. The molecular weight excluding hydrogens is 183 g/mol. The fourth-order valence-electron chi connectivity index (χ4n) is 2.43. The zero-order valence-corrected chi connectivity index (χ0v) is 7.50. The van der Waals surface area contributed by atoms with E-state index in [2.05, 4.69) is 0 Å². The van der Waals surface area contributed by atoms with Crippen molar-refractivity contribution in [1.82, 2.24) is 0 Å². The molecule has 1 fully saturated rings. The molecule has 0 saturated carbocycles. The number of halogens is 1. The number of hydrogen-bond donors (Lipinski definition) is 0. The minimum atomic E-state index is -0.233. The fourth-order valence-corrected chi connectivity index (χ4v) is 2.43. The molecule has 0 radical (unpaired) electrons. The Morgan fingerprint density at radius 3 is 3.07 bits per heavy atom. The van der Waals surface area contributed by atoms with Gasteiger partial charge in [-0.3, -0.25) is 4.79 Å². The highest BCUT2D eigenvalue weighted by atomic mass is 19.1. The van der Waals surface area contributed by atoms with Crippen LogP contribution < -0.4 is 0 Å². The Labute approximate surface area is 80.7 Å². The van der Waals surface area contributed by atoms with Crippen LogP contribution in [0.1, 0.15) is 17.0 Å². The smallest absolute Gasteiger partial charge is 0.310 e. The van der Waals surface area contributed by atoms with E-state index >= 15 is 0 Å². The Balaban J connectivity index is 2.09. The van der Waals surface area contributed by atoms with Crippen molar-refractivity contribution >= 4 is 5.97 Å². The molecule has 2 aliphatic rings. The van der Waals surface area contributed by atoms with Crippen molar-refractivity contribution in [1.29, 1.82) is 0 Å². The van der Waals surface area contributed by atoms with E-state index in [9.17, 15) is 9.18 Å². The first-order valence-electron chi connectivity index (χ1n) is 4.70. The molecule has 0 spiro atoms. The Kier molecular flexibility index (Phi) is 1.46. The van der Waals surface area contributed by atoms with Gasteiger partial charge in [0.25, 0.3) is 0 Å². The van der Waals surface area contributed by atoms with Gasteiger partial charge >= 0.3 is 5.97 Å². The molecule has 2 atom stereocenters. The van der Waals surface area contributed by atoms with E-state index in [1.54, 1.807) is 6.07 Å². The summed E-state index contributed by atoms with van der Waals surface area (Å²) in [5, 5.41) is 0. The molecule has 1 aliphatic carbocycles. The minimum Gasteiger partial charge on any atom is -0.465 e. The molecule has 1 aliphatic heterocycles. The molecule has 0 amide bonds. The predicted molar refractivity (Wildman–Crippen MR) is 47.3 cm³/mol. The van der Waals surface area contributed by atoms with Gasteiger partial charge in [-0.25, -0.2) is 4.39 Å². The van der Waals surface area contributed by atoms with E-state index < -0.39 is 0 Å². The molecule has 0 N–H and O–H groups in total. The second-order valence-electron chi connectivity index (χ2n) is 3.89. The number of fused-ring (bicyclic) bond motifs is 3. The minimum absolute atomic E-state index is 0.0631. The zero-order chi connectivity index (χ0) is 9.71. The van der Waals surface area contributed by atoms with E-state index in [-0.39, 0.29) is 23.6 Å². The van der Waals surface area contributed by atoms with Crippen molar-refractivity contribution in [3.63, 3.8) is 0 Å². The molecule has 0 bridgehead atoms. The Hall–Kier alpha value is -1.38. The van der Waals surface area contributed by atoms with E-state index in [0.29, 0.717) is 13.0 Å². The van der Waals surface area contributed by atoms with Gasteiger partial charge in [-0.05, 0) is 29.7 Å². The van der Waals surface area contributed by atoms with Gasteiger partial charge in [0, 0.05) is 5.92 Å². The van der Waals surface area contributed by atoms with Gasteiger partial charge in [-0.2, -0.15) is 0 Å². The molecule has 1 aromatic rings. The lowest BCUT2D eigenvalue weighted by Gasteiger charge is -2.04. The van der Waals surface area contributed by atoms with Crippen LogP contribution in [0.25, 0.3) is 0 Å². The average molecular weight is 192 g/mol. The van der Waals surface area contributed by atoms with Crippen molar-refractivity contribution < 1.29 is 13.9 Å². The maximum Gasteiger partial charge on any atom is 0.310 e. The summed E-state index contributed by atoms with van der Waals surface area (Å²) >= 11 is 0. The van der Waals surface area contributed by atoms with Gasteiger partial charge in [0.1, 0.15) is 5.82 Å². The summed E-state index contributed by atoms with van der Waals surface area (Å²) in [6.07, 6.45) is 0.707.